The molecule has 3 aliphatic heterocycles. The van der Waals surface area contributed by atoms with Crippen molar-refractivity contribution in [3.63, 3.8) is 0 Å². The van der Waals surface area contributed by atoms with Gasteiger partial charge in [0.25, 0.3) is 0 Å². The van der Waals surface area contributed by atoms with Gasteiger partial charge in [0.1, 0.15) is 0 Å². The molecule has 10 nitrogen and oxygen atoms in total. The lowest BCUT2D eigenvalue weighted by Gasteiger charge is -2.47. The van der Waals surface area contributed by atoms with Crippen molar-refractivity contribution in [2.75, 3.05) is 59.2 Å². The fourth-order valence-electron chi connectivity index (χ4n) is 7.55. The van der Waals surface area contributed by atoms with E-state index in [2.05, 4.69) is 33.1 Å². The molecule has 5 aliphatic rings. The number of amides is 1. The molecule has 7 unspecified atom stereocenters. The molecule has 0 aromatic carbocycles. The van der Waals surface area contributed by atoms with E-state index in [9.17, 15) is 15.0 Å². The standard InChI is InChI=1S/C28H51N5O5/c1-18-25-5-7-33(13-21(25)2-3-26(18)37-16-24-12-29-17-38-24)14-23(35)11-31-28(36)20-4-6-30-27(10-20)32-22-8-19(9-22)15-34/h18-27,29-30,32,34-35H,2-17H2,1H3,(H,31,36)/t18?,19?,20?,21?,22?,23-,24?,25?,26?,27?/m0/s1. The molecule has 0 aromatic heterocycles. The van der Waals surface area contributed by atoms with Crippen LogP contribution in [0.1, 0.15) is 51.9 Å². The summed E-state index contributed by atoms with van der Waals surface area (Å²) in [5, 5.41) is 33.3. The van der Waals surface area contributed by atoms with E-state index >= 15 is 0 Å². The second-order valence-electron chi connectivity index (χ2n) is 12.7. The van der Waals surface area contributed by atoms with Crippen molar-refractivity contribution in [1.29, 1.82) is 0 Å². The molecule has 5 fully saturated rings. The van der Waals surface area contributed by atoms with Crippen LogP contribution in [-0.4, -0.2) is 111 Å². The van der Waals surface area contributed by atoms with Crippen LogP contribution in [0.5, 0.6) is 0 Å². The highest BCUT2D eigenvalue weighted by molar-refractivity contribution is 5.78. The van der Waals surface area contributed by atoms with Crippen molar-refractivity contribution in [2.24, 2.45) is 29.6 Å². The van der Waals surface area contributed by atoms with E-state index in [4.69, 9.17) is 9.47 Å². The predicted molar refractivity (Wildman–Crippen MR) is 144 cm³/mol. The third-order valence-electron chi connectivity index (χ3n) is 9.94. The van der Waals surface area contributed by atoms with Crippen LogP contribution in [0.15, 0.2) is 0 Å². The van der Waals surface area contributed by atoms with Gasteiger partial charge in [0, 0.05) is 44.7 Å². The third-order valence-corrected chi connectivity index (χ3v) is 9.94. The highest BCUT2D eigenvalue weighted by atomic mass is 16.5. The van der Waals surface area contributed by atoms with Crippen LogP contribution >= 0.6 is 0 Å². The number of β-amino-alcohol motifs (C(OH)–C–C–N with tert-alkyl or cyclic N) is 1. The van der Waals surface area contributed by atoms with Crippen LogP contribution in [0.2, 0.25) is 0 Å². The second-order valence-corrected chi connectivity index (χ2v) is 12.7. The summed E-state index contributed by atoms with van der Waals surface area (Å²) in [6.45, 7) is 8.61. The first-order valence-corrected chi connectivity index (χ1v) is 15.2. The van der Waals surface area contributed by atoms with Gasteiger partial charge < -0.3 is 35.2 Å². The smallest absolute Gasteiger partial charge is 0.223 e. The zero-order valence-electron chi connectivity index (χ0n) is 23.2. The number of hydrogen-bond donors (Lipinski definition) is 6. The number of nitrogens with zero attached hydrogens (tertiary/aromatic N) is 1. The molecule has 3 saturated heterocycles. The number of aliphatic hydroxyl groups is 2. The maximum absolute atomic E-state index is 12.9. The summed E-state index contributed by atoms with van der Waals surface area (Å²) in [5.74, 6) is 2.35. The van der Waals surface area contributed by atoms with Crippen molar-refractivity contribution >= 4 is 5.91 Å². The lowest BCUT2D eigenvalue weighted by molar-refractivity contribution is -0.126. The van der Waals surface area contributed by atoms with Crippen LogP contribution in [-0.2, 0) is 14.3 Å². The van der Waals surface area contributed by atoms with Crippen molar-refractivity contribution < 1.29 is 24.5 Å². The fraction of sp³-hybridized carbons (Fsp3) is 0.964. The number of carbonyl (C=O) groups is 1. The van der Waals surface area contributed by atoms with E-state index in [1.165, 1.54) is 6.42 Å². The van der Waals surface area contributed by atoms with Gasteiger partial charge in [-0.2, -0.15) is 0 Å². The largest absolute Gasteiger partial charge is 0.396 e. The van der Waals surface area contributed by atoms with Gasteiger partial charge in [0.15, 0.2) is 0 Å². The first-order chi connectivity index (χ1) is 18.5. The molecule has 218 valence electrons. The van der Waals surface area contributed by atoms with Gasteiger partial charge in [0.2, 0.25) is 5.91 Å². The molecule has 1 amide bonds. The Morgan fingerprint density at radius 3 is 2.87 bits per heavy atom. The van der Waals surface area contributed by atoms with E-state index in [0.29, 0.717) is 62.2 Å². The van der Waals surface area contributed by atoms with Gasteiger partial charge in [-0.25, -0.2) is 0 Å². The minimum atomic E-state index is -0.548. The average molecular weight is 538 g/mol. The van der Waals surface area contributed by atoms with Crippen molar-refractivity contribution in [2.45, 2.75) is 82.4 Å². The minimum Gasteiger partial charge on any atom is -0.396 e. The number of ether oxygens (including phenoxy) is 2. The molecule has 38 heavy (non-hydrogen) atoms. The van der Waals surface area contributed by atoms with Gasteiger partial charge >= 0.3 is 0 Å². The summed E-state index contributed by atoms with van der Waals surface area (Å²) in [5.41, 5.74) is 0. The van der Waals surface area contributed by atoms with Crippen molar-refractivity contribution in [3.8, 4) is 0 Å². The number of likely N-dealkylation sites (tertiary alicyclic amines) is 1. The fourth-order valence-corrected chi connectivity index (χ4v) is 7.55. The number of piperidine rings is 2. The van der Waals surface area contributed by atoms with E-state index < -0.39 is 6.10 Å². The molecule has 5 rings (SSSR count). The quantitative estimate of drug-likeness (QED) is 0.213. The summed E-state index contributed by atoms with van der Waals surface area (Å²) in [6.07, 6.45) is 7.15. The van der Waals surface area contributed by atoms with E-state index in [1.807, 2.05) is 0 Å². The highest BCUT2D eigenvalue weighted by Crippen LogP contribution is 2.41. The number of hydrogen-bond acceptors (Lipinski definition) is 9. The summed E-state index contributed by atoms with van der Waals surface area (Å²) >= 11 is 0. The summed E-state index contributed by atoms with van der Waals surface area (Å²) in [6, 6.07) is 0.437. The molecular weight excluding hydrogens is 486 g/mol. The maximum Gasteiger partial charge on any atom is 0.223 e. The Kier molecular flexibility index (Phi) is 10.3. The van der Waals surface area contributed by atoms with Crippen LogP contribution < -0.4 is 21.3 Å². The van der Waals surface area contributed by atoms with Gasteiger partial charge in [-0.05, 0) is 81.7 Å². The first-order valence-electron chi connectivity index (χ1n) is 15.2. The van der Waals surface area contributed by atoms with Crippen LogP contribution in [0.3, 0.4) is 0 Å². The van der Waals surface area contributed by atoms with Gasteiger partial charge in [-0.1, -0.05) is 6.92 Å². The number of rotatable bonds is 11. The minimum absolute atomic E-state index is 0.0270. The second kappa shape index (κ2) is 13.7. The maximum atomic E-state index is 12.9. The molecule has 3 heterocycles. The third kappa shape index (κ3) is 7.46. The molecule has 0 bridgehead atoms. The topological polar surface area (TPSA) is 127 Å². The van der Waals surface area contributed by atoms with E-state index in [1.54, 1.807) is 0 Å². The zero-order valence-corrected chi connectivity index (χ0v) is 23.2. The molecule has 0 spiro atoms. The van der Waals surface area contributed by atoms with Crippen LogP contribution in [0, 0.1) is 29.6 Å². The first kappa shape index (κ1) is 28.7. The van der Waals surface area contributed by atoms with Crippen molar-refractivity contribution in [1.82, 2.24) is 26.2 Å². The summed E-state index contributed by atoms with van der Waals surface area (Å²) < 4.78 is 11.9. The Labute approximate surface area is 227 Å². The van der Waals surface area contributed by atoms with Crippen LogP contribution in [0.4, 0.5) is 0 Å². The zero-order chi connectivity index (χ0) is 26.5. The average Bonchev–Trinajstić information content (AvgIpc) is 3.42. The van der Waals surface area contributed by atoms with Crippen LogP contribution in [0.25, 0.3) is 0 Å². The van der Waals surface area contributed by atoms with E-state index in [0.717, 1.165) is 64.7 Å². The molecule has 0 aromatic rings. The molecule has 8 atom stereocenters. The molecule has 0 radical (unpaired) electrons. The van der Waals surface area contributed by atoms with Gasteiger partial charge in [-0.15, -0.1) is 0 Å². The Hall–Kier alpha value is -0.850. The SMILES string of the molecule is CC1C(OCC2CNCO2)CCC2CN(C[C@@H](O)CNC(=O)C3CCNC(NC4CC(CO)C4)C3)CCC21. The normalized spacial score (nSPS) is 40.8. The summed E-state index contributed by atoms with van der Waals surface area (Å²) in [4.78, 5) is 15.2. The predicted octanol–water partition coefficient (Wildman–Crippen LogP) is -0.151. The molecule has 6 N–H and O–H groups in total. The lowest BCUT2D eigenvalue weighted by atomic mass is 9.68. The number of fused-ring (bicyclic) bond motifs is 1. The Balaban J connectivity index is 0.979. The Bertz CT molecular complexity index is 749. The van der Waals surface area contributed by atoms with Gasteiger partial charge in [-0.3, -0.25) is 15.4 Å². The highest BCUT2D eigenvalue weighted by Gasteiger charge is 2.41. The molecule has 10 heteroatoms. The summed E-state index contributed by atoms with van der Waals surface area (Å²) in [7, 11) is 0. The monoisotopic (exact) mass is 537 g/mol. The number of aliphatic hydroxyl groups excluding tert-OH is 2. The molecule has 2 saturated carbocycles. The molecular formula is C28H51N5O5. The van der Waals surface area contributed by atoms with Gasteiger partial charge in [0.05, 0.1) is 37.8 Å². The molecule has 2 aliphatic carbocycles. The van der Waals surface area contributed by atoms with E-state index in [-0.39, 0.29) is 30.7 Å². The number of nitrogens with one attached hydrogen (secondary N) is 4. The van der Waals surface area contributed by atoms with Crippen molar-refractivity contribution in [3.05, 3.63) is 0 Å². The lowest BCUT2D eigenvalue weighted by Crippen LogP contribution is -2.56. The Morgan fingerprint density at radius 1 is 1.21 bits per heavy atom. The Morgan fingerprint density at radius 2 is 2.08 bits per heavy atom. The number of carbonyl (C=O) groups excluding carboxylic acids is 1.